The van der Waals surface area contributed by atoms with E-state index in [1.54, 1.807) is 12.1 Å². The first-order chi connectivity index (χ1) is 9.72. The molecule has 2 nitrogen and oxygen atoms in total. The molecule has 2 fully saturated rings. The van der Waals surface area contributed by atoms with Crippen molar-refractivity contribution in [1.29, 1.82) is 5.26 Å². The summed E-state index contributed by atoms with van der Waals surface area (Å²) in [6.07, 6.45) is 7.49. The smallest absolute Gasteiger partial charge is 0.161 e. The van der Waals surface area contributed by atoms with Gasteiger partial charge in [0.15, 0.2) is 5.82 Å². The van der Waals surface area contributed by atoms with Crippen molar-refractivity contribution in [3.63, 3.8) is 0 Å². The molecule has 2 aliphatic rings. The van der Waals surface area contributed by atoms with Gasteiger partial charge in [-0.3, -0.25) is 0 Å². The van der Waals surface area contributed by atoms with Gasteiger partial charge in [-0.1, -0.05) is 12.8 Å². The van der Waals surface area contributed by atoms with Crippen molar-refractivity contribution in [2.45, 2.75) is 44.6 Å². The first kappa shape index (κ1) is 13.9. The molecule has 0 radical (unpaired) electrons. The summed E-state index contributed by atoms with van der Waals surface area (Å²) in [7, 11) is 0. The van der Waals surface area contributed by atoms with E-state index >= 15 is 0 Å². The van der Waals surface area contributed by atoms with Gasteiger partial charge in [0.05, 0.1) is 15.7 Å². The van der Waals surface area contributed by atoms with Crippen LogP contribution in [-0.2, 0) is 0 Å². The Morgan fingerprint density at radius 3 is 2.65 bits per heavy atom. The van der Waals surface area contributed by atoms with Gasteiger partial charge in [0, 0.05) is 12.6 Å². The summed E-state index contributed by atoms with van der Waals surface area (Å²) < 4.78 is 14.8. The highest BCUT2D eigenvalue weighted by atomic mass is 79.9. The lowest BCUT2D eigenvalue weighted by atomic mass is 9.95. The molecule has 1 aliphatic heterocycles. The zero-order chi connectivity index (χ0) is 14.1. The van der Waals surface area contributed by atoms with Crippen molar-refractivity contribution >= 4 is 21.6 Å². The molecular weight excluding hydrogens is 319 g/mol. The predicted molar refractivity (Wildman–Crippen MR) is 81.1 cm³/mol. The Kier molecular flexibility index (Phi) is 3.98. The van der Waals surface area contributed by atoms with E-state index in [2.05, 4.69) is 20.8 Å². The summed E-state index contributed by atoms with van der Waals surface area (Å²) in [5.74, 6) is 0.431. The highest BCUT2D eigenvalue weighted by Gasteiger charge is 2.34. The monoisotopic (exact) mass is 336 g/mol. The molecule has 106 valence electrons. The number of anilines is 1. The van der Waals surface area contributed by atoms with Crippen LogP contribution >= 0.6 is 15.9 Å². The van der Waals surface area contributed by atoms with Crippen LogP contribution in [0, 0.1) is 23.1 Å². The van der Waals surface area contributed by atoms with Crippen molar-refractivity contribution < 1.29 is 4.39 Å². The Bertz CT molecular complexity index is 546. The van der Waals surface area contributed by atoms with Gasteiger partial charge in [-0.05, 0) is 59.7 Å². The van der Waals surface area contributed by atoms with E-state index in [9.17, 15) is 4.39 Å². The lowest BCUT2D eigenvalue weighted by Crippen LogP contribution is -2.35. The minimum Gasteiger partial charge on any atom is -0.366 e. The average molecular weight is 337 g/mol. The second-order valence-corrected chi connectivity index (χ2v) is 6.61. The van der Waals surface area contributed by atoms with Crippen molar-refractivity contribution in [3.05, 3.63) is 28.0 Å². The number of hydrogen-bond donors (Lipinski definition) is 0. The molecule has 0 amide bonds. The molecule has 4 heteroatoms. The topological polar surface area (TPSA) is 27.0 Å². The van der Waals surface area contributed by atoms with E-state index in [0.29, 0.717) is 27.7 Å². The van der Waals surface area contributed by atoms with Gasteiger partial charge in [0.1, 0.15) is 6.07 Å². The van der Waals surface area contributed by atoms with Gasteiger partial charge >= 0.3 is 0 Å². The molecule has 1 unspecified atom stereocenters. The van der Waals surface area contributed by atoms with Crippen LogP contribution in [0.2, 0.25) is 0 Å². The Labute approximate surface area is 127 Å². The highest BCUT2D eigenvalue weighted by Crippen LogP contribution is 2.40. The Morgan fingerprint density at radius 2 is 1.95 bits per heavy atom. The molecule has 1 aromatic carbocycles. The van der Waals surface area contributed by atoms with Crippen molar-refractivity contribution in [2.75, 3.05) is 11.4 Å². The Balaban J connectivity index is 1.92. The predicted octanol–water partition coefficient (Wildman–Crippen LogP) is 4.62. The molecule has 0 spiro atoms. The fourth-order valence-corrected chi connectivity index (χ4v) is 4.20. The zero-order valence-electron chi connectivity index (χ0n) is 11.4. The van der Waals surface area contributed by atoms with Crippen LogP contribution in [0.4, 0.5) is 10.1 Å². The number of nitrogens with zero attached hydrogens (tertiary/aromatic N) is 2. The Morgan fingerprint density at radius 1 is 1.20 bits per heavy atom. The van der Waals surface area contributed by atoms with Crippen molar-refractivity contribution in [1.82, 2.24) is 0 Å². The van der Waals surface area contributed by atoms with E-state index in [1.807, 2.05) is 6.07 Å². The van der Waals surface area contributed by atoms with Crippen LogP contribution in [0.15, 0.2) is 16.6 Å². The summed E-state index contributed by atoms with van der Waals surface area (Å²) in [5, 5.41) is 8.96. The van der Waals surface area contributed by atoms with Crippen LogP contribution in [0.25, 0.3) is 0 Å². The van der Waals surface area contributed by atoms with Crippen LogP contribution in [0.5, 0.6) is 0 Å². The molecule has 1 atom stereocenters. The first-order valence-electron chi connectivity index (χ1n) is 7.37. The lowest BCUT2D eigenvalue weighted by Gasteiger charge is -2.31. The normalized spacial score (nSPS) is 23.2. The summed E-state index contributed by atoms with van der Waals surface area (Å²) in [5.41, 5.74) is 1.02. The van der Waals surface area contributed by atoms with Crippen molar-refractivity contribution in [3.8, 4) is 6.07 Å². The van der Waals surface area contributed by atoms with Crippen LogP contribution in [0.3, 0.4) is 0 Å². The van der Waals surface area contributed by atoms with Gasteiger partial charge in [0.25, 0.3) is 0 Å². The van der Waals surface area contributed by atoms with E-state index < -0.39 is 0 Å². The lowest BCUT2D eigenvalue weighted by molar-refractivity contribution is 0.427. The zero-order valence-corrected chi connectivity index (χ0v) is 13.0. The van der Waals surface area contributed by atoms with E-state index in [4.69, 9.17) is 5.26 Å². The molecule has 1 aliphatic carbocycles. The largest absolute Gasteiger partial charge is 0.366 e. The summed E-state index contributed by atoms with van der Waals surface area (Å²) in [6.45, 7) is 0.927. The molecular formula is C16H18BrFN2. The van der Waals surface area contributed by atoms with Gasteiger partial charge in [-0.15, -0.1) is 0 Å². The van der Waals surface area contributed by atoms with E-state index in [-0.39, 0.29) is 5.82 Å². The standard InChI is InChI=1S/C16H18BrFN2/c17-15-12(10-19)7-8-14(16(15)18)20-9-3-6-13(20)11-4-1-2-5-11/h7-8,11,13H,1-6,9H2. The maximum atomic E-state index is 14.5. The molecule has 20 heavy (non-hydrogen) atoms. The van der Waals surface area contributed by atoms with Gasteiger partial charge in [-0.25, -0.2) is 4.39 Å². The molecule has 1 heterocycles. The summed E-state index contributed by atoms with van der Waals surface area (Å²) in [6, 6.07) is 5.98. The maximum absolute atomic E-state index is 14.5. The number of hydrogen-bond acceptors (Lipinski definition) is 2. The number of benzene rings is 1. The molecule has 0 N–H and O–H groups in total. The van der Waals surface area contributed by atoms with E-state index in [1.165, 1.54) is 32.1 Å². The van der Waals surface area contributed by atoms with Gasteiger partial charge in [-0.2, -0.15) is 5.26 Å². The fraction of sp³-hybridized carbons (Fsp3) is 0.562. The maximum Gasteiger partial charge on any atom is 0.161 e. The average Bonchev–Trinajstić information content (AvgIpc) is 3.11. The van der Waals surface area contributed by atoms with Crippen LogP contribution in [-0.4, -0.2) is 12.6 Å². The highest BCUT2D eigenvalue weighted by molar-refractivity contribution is 9.10. The quantitative estimate of drug-likeness (QED) is 0.787. The SMILES string of the molecule is N#Cc1ccc(N2CCCC2C2CCCC2)c(F)c1Br. The molecule has 0 aromatic heterocycles. The molecule has 1 saturated heterocycles. The third-order valence-electron chi connectivity index (χ3n) is 4.74. The van der Waals surface area contributed by atoms with Crippen molar-refractivity contribution in [2.24, 2.45) is 5.92 Å². The van der Waals surface area contributed by atoms with Crippen LogP contribution in [0.1, 0.15) is 44.1 Å². The first-order valence-corrected chi connectivity index (χ1v) is 8.16. The molecule has 3 rings (SSSR count). The summed E-state index contributed by atoms with van der Waals surface area (Å²) in [4.78, 5) is 2.23. The molecule has 1 saturated carbocycles. The number of halogens is 2. The minimum absolute atomic E-state index is 0.283. The Hall–Kier alpha value is -1.08. The second kappa shape index (κ2) is 5.73. The number of nitriles is 1. The second-order valence-electron chi connectivity index (χ2n) is 5.82. The minimum atomic E-state index is -0.283. The molecule has 1 aromatic rings. The fourth-order valence-electron chi connectivity index (χ4n) is 3.77. The van der Waals surface area contributed by atoms with Crippen LogP contribution < -0.4 is 4.90 Å². The summed E-state index contributed by atoms with van der Waals surface area (Å²) >= 11 is 3.22. The van der Waals surface area contributed by atoms with Gasteiger partial charge < -0.3 is 4.90 Å². The molecule has 0 bridgehead atoms. The third-order valence-corrected chi connectivity index (χ3v) is 5.51. The third kappa shape index (κ3) is 2.33. The van der Waals surface area contributed by atoms with E-state index in [0.717, 1.165) is 13.0 Å². The van der Waals surface area contributed by atoms with Gasteiger partial charge in [0.2, 0.25) is 0 Å². The number of rotatable bonds is 2.